The third kappa shape index (κ3) is 2.87. The van der Waals surface area contributed by atoms with Crippen LogP contribution < -0.4 is 5.56 Å². The average molecular weight is 322 g/mol. The Kier molecular flexibility index (Phi) is 4.22. The van der Waals surface area contributed by atoms with Crippen LogP contribution in [0.5, 0.6) is 0 Å². The van der Waals surface area contributed by atoms with Gasteiger partial charge in [-0.05, 0) is 17.7 Å². The van der Waals surface area contributed by atoms with Crippen LogP contribution in [0.3, 0.4) is 0 Å². The van der Waals surface area contributed by atoms with E-state index in [9.17, 15) is 10.1 Å². The zero-order valence-corrected chi connectivity index (χ0v) is 12.8. The van der Waals surface area contributed by atoms with Crippen molar-refractivity contribution in [2.75, 3.05) is 0 Å². The minimum Gasteiger partial charge on any atom is -0.266 e. The van der Waals surface area contributed by atoms with E-state index in [2.05, 4.69) is 11.2 Å². The van der Waals surface area contributed by atoms with Gasteiger partial charge in [0.25, 0.3) is 5.56 Å². The molecule has 0 aliphatic rings. The summed E-state index contributed by atoms with van der Waals surface area (Å²) in [7, 11) is 0. The zero-order chi connectivity index (χ0) is 16.2. The topological polar surface area (TPSA) is 58.7 Å². The van der Waals surface area contributed by atoms with Gasteiger partial charge in [0.15, 0.2) is 0 Å². The highest BCUT2D eigenvalue weighted by Gasteiger charge is 2.20. The van der Waals surface area contributed by atoms with Crippen LogP contribution in [0.25, 0.3) is 5.69 Å². The molecule has 0 spiro atoms. The highest BCUT2D eigenvalue weighted by Crippen LogP contribution is 2.27. The van der Waals surface area contributed by atoms with E-state index in [0.717, 1.165) is 5.56 Å². The first-order chi connectivity index (χ1) is 11.2. The molecule has 1 atom stereocenters. The van der Waals surface area contributed by atoms with Gasteiger partial charge in [0, 0.05) is 5.56 Å². The fourth-order valence-electron chi connectivity index (χ4n) is 2.37. The Labute approximate surface area is 138 Å². The lowest BCUT2D eigenvalue weighted by Gasteiger charge is -2.12. The van der Waals surface area contributed by atoms with Crippen molar-refractivity contribution in [3.8, 4) is 11.8 Å². The van der Waals surface area contributed by atoms with Crippen molar-refractivity contribution in [2.45, 2.75) is 5.92 Å². The van der Waals surface area contributed by atoms with Crippen molar-refractivity contribution in [2.24, 2.45) is 0 Å². The SMILES string of the molecule is N#C[C@H](c1ccccc1)c1cnn(-c2ccccc2)c(=O)c1Cl. The summed E-state index contributed by atoms with van der Waals surface area (Å²) in [5, 5.41) is 13.7. The van der Waals surface area contributed by atoms with Crippen LogP contribution in [0.4, 0.5) is 0 Å². The Hall–Kier alpha value is -2.90. The van der Waals surface area contributed by atoms with Gasteiger partial charge < -0.3 is 0 Å². The van der Waals surface area contributed by atoms with Crippen molar-refractivity contribution in [1.29, 1.82) is 5.26 Å². The number of rotatable bonds is 3. The van der Waals surface area contributed by atoms with Crippen LogP contribution in [0.1, 0.15) is 17.0 Å². The second kappa shape index (κ2) is 6.47. The molecular formula is C18H12ClN3O. The van der Waals surface area contributed by atoms with Crippen LogP contribution in [-0.2, 0) is 0 Å². The molecule has 0 N–H and O–H groups in total. The Balaban J connectivity index is 2.11. The summed E-state index contributed by atoms with van der Waals surface area (Å²) in [6.45, 7) is 0. The Morgan fingerprint density at radius 1 is 1.04 bits per heavy atom. The molecule has 0 fully saturated rings. The largest absolute Gasteiger partial charge is 0.290 e. The van der Waals surface area contributed by atoms with Crippen molar-refractivity contribution in [1.82, 2.24) is 9.78 Å². The molecule has 4 nitrogen and oxygen atoms in total. The van der Waals surface area contributed by atoms with E-state index in [-0.39, 0.29) is 5.02 Å². The summed E-state index contributed by atoms with van der Waals surface area (Å²) < 4.78 is 1.23. The number of hydrogen-bond donors (Lipinski definition) is 0. The molecule has 1 heterocycles. The van der Waals surface area contributed by atoms with E-state index in [1.165, 1.54) is 10.9 Å². The second-order valence-corrected chi connectivity index (χ2v) is 5.32. The minimum absolute atomic E-state index is 0.0132. The highest BCUT2D eigenvalue weighted by molar-refractivity contribution is 6.31. The molecule has 3 aromatic rings. The van der Waals surface area contributed by atoms with Crippen molar-refractivity contribution in [3.63, 3.8) is 0 Å². The van der Waals surface area contributed by atoms with Gasteiger partial charge in [-0.1, -0.05) is 60.1 Å². The number of hydrogen-bond acceptors (Lipinski definition) is 3. The monoisotopic (exact) mass is 321 g/mol. The molecule has 0 bridgehead atoms. The van der Waals surface area contributed by atoms with Crippen LogP contribution in [0.15, 0.2) is 71.7 Å². The minimum atomic E-state index is -0.630. The van der Waals surface area contributed by atoms with Gasteiger partial charge in [-0.25, -0.2) is 0 Å². The molecule has 3 rings (SSSR count). The Morgan fingerprint density at radius 3 is 2.26 bits per heavy atom. The summed E-state index contributed by atoms with van der Waals surface area (Å²) in [4.78, 5) is 12.5. The highest BCUT2D eigenvalue weighted by atomic mass is 35.5. The van der Waals surface area contributed by atoms with Gasteiger partial charge in [0.05, 0.1) is 23.9 Å². The molecule has 5 heteroatoms. The average Bonchev–Trinajstić information content (AvgIpc) is 2.61. The predicted molar refractivity (Wildman–Crippen MR) is 88.7 cm³/mol. The maximum atomic E-state index is 12.5. The Bertz CT molecular complexity index is 914. The van der Waals surface area contributed by atoms with Crippen LogP contribution >= 0.6 is 11.6 Å². The van der Waals surface area contributed by atoms with Crippen molar-refractivity contribution in [3.05, 3.63) is 93.4 Å². The number of aromatic nitrogens is 2. The van der Waals surface area contributed by atoms with E-state index in [1.54, 1.807) is 12.1 Å². The summed E-state index contributed by atoms with van der Waals surface area (Å²) >= 11 is 6.25. The van der Waals surface area contributed by atoms with E-state index >= 15 is 0 Å². The molecule has 1 aromatic heterocycles. The third-order valence-corrected chi connectivity index (χ3v) is 3.90. The predicted octanol–water partition coefficient (Wildman–Crippen LogP) is 3.54. The lowest BCUT2D eigenvalue weighted by atomic mass is 9.94. The van der Waals surface area contributed by atoms with Gasteiger partial charge in [0.2, 0.25) is 0 Å². The standard InChI is InChI=1S/C18H12ClN3O/c19-17-16(15(11-20)13-7-3-1-4-8-13)12-21-22(18(17)23)14-9-5-2-6-10-14/h1-10,12,15H/t15-/m1/s1. The van der Waals surface area contributed by atoms with Crippen LogP contribution in [-0.4, -0.2) is 9.78 Å². The normalized spacial score (nSPS) is 11.7. The molecule has 2 aromatic carbocycles. The maximum Gasteiger partial charge on any atom is 0.290 e. The van der Waals surface area contributed by atoms with Gasteiger partial charge in [-0.15, -0.1) is 0 Å². The summed E-state index contributed by atoms with van der Waals surface area (Å²) in [5.74, 6) is -0.630. The fourth-order valence-corrected chi connectivity index (χ4v) is 2.61. The van der Waals surface area contributed by atoms with Gasteiger partial charge in [0.1, 0.15) is 5.02 Å². The second-order valence-electron chi connectivity index (χ2n) is 4.94. The molecule has 0 unspecified atom stereocenters. The van der Waals surface area contributed by atoms with E-state index in [1.807, 2.05) is 48.5 Å². The molecule has 0 saturated carbocycles. The quantitative estimate of drug-likeness (QED) is 0.741. The smallest absolute Gasteiger partial charge is 0.266 e. The first-order valence-electron chi connectivity index (χ1n) is 7.00. The molecule has 0 radical (unpaired) electrons. The summed E-state index contributed by atoms with van der Waals surface area (Å²) in [6, 6.07) is 20.4. The zero-order valence-electron chi connectivity index (χ0n) is 12.1. The van der Waals surface area contributed by atoms with E-state index < -0.39 is 11.5 Å². The fraction of sp³-hybridized carbons (Fsp3) is 0.0556. The maximum absolute atomic E-state index is 12.5. The Morgan fingerprint density at radius 2 is 1.65 bits per heavy atom. The van der Waals surface area contributed by atoms with Gasteiger partial charge in [-0.3, -0.25) is 4.79 Å². The lowest BCUT2D eigenvalue weighted by molar-refractivity contribution is 0.790. The molecule has 0 saturated heterocycles. The number of nitrogens with zero attached hydrogens (tertiary/aromatic N) is 3. The van der Waals surface area contributed by atoms with Crippen molar-refractivity contribution < 1.29 is 0 Å². The molecule has 0 aliphatic heterocycles. The number of halogens is 1. The summed E-state index contributed by atoms with van der Waals surface area (Å²) in [5.41, 5.74) is 1.37. The van der Waals surface area contributed by atoms with Crippen LogP contribution in [0.2, 0.25) is 5.02 Å². The molecule has 112 valence electrons. The van der Waals surface area contributed by atoms with E-state index in [0.29, 0.717) is 11.3 Å². The van der Waals surface area contributed by atoms with Gasteiger partial charge in [-0.2, -0.15) is 15.0 Å². The number of benzene rings is 2. The first kappa shape index (κ1) is 15.0. The molecule has 0 amide bonds. The molecule has 23 heavy (non-hydrogen) atoms. The lowest BCUT2D eigenvalue weighted by Crippen LogP contribution is -2.23. The van der Waals surface area contributed by atoms with Crippen molar-refractivity contribution >= 4 is 11.6 Å². The number of para-hydroxylation sites is 1. The summed E-state index contributed by atoms with van der Waals surface area (Å²) in [6.07, 6.45) is 1.48. The number of nitriles is 1. The van der Waals surface area contributed by atoms with E-state index in [4.69, 9.17) is 11.6 Å². The van der Waals surface area contributed by atoms with Crippen LogP contribution in [0, 0.1) is 11.3 Å². The molecular weight excluding hydrogens is 310 g/mol. The van der Waals surface area contributed by atoms with Gasteiger partial charge >= 0.3 is 0 Å². The third-order valence-electron chi connectivity index (χ3n) is 3.52. The molecule has 0 aliphatic carbocycles. The first-order valence-corrected chi connectivity index (χ1v) is 7.38.